The summed E-state index contributed by atoms with van der Waals surface area (Å²) in [5, 5.41) is 3.29. The molecule has 0 aliphatic heterocycles. The fourth-order valence-electron chi connectivity index (χ4n) is 1.80. The van der Waals surface area contributed by atoms with E-state index in [1.54, 1.807) is 0 Å². The zero-order valence-corrected chi connectivity index (χ0v) is 14.8. The molecule has 1 N–H and O–H groups in total. The number of nitrogens with one attached hydrogen (secondary N) is 1. The first-order chi connectivity index (χ1) is 9.50. The Morgan fingerprint density at radius 3 is 2.10 bits per heavy atom. The van der Waals surface area contributed by atoms with Crippen LogP contribution in [-0.2, 0) is 14.3 Å². The van der Waals surface area contributed by atoms with Crippen LogP contribution in [0.3, 0.4) is 0 Å². The molecule has 1 atom stereocenters. The quantitative estimate of drug-likeness (QED) is 0.662. The molecule has 0 heterocycles. The average Bonchev–Trinajstić information content (AvgIpc) is 2.39. The molecule has 0 radical (unpaired) electrons. The molecular weight excluding hydrogens is 266 g/mol. The zero-order valence-electron chi connectivity index (χ0n) is 14.8. The summed E-state index contributed by atoms with van der Waals surface area (Å²) >= 11 is 0. The van der Waals surface area contributed by atoms with E-state index >= 15 is 0 Å². The topological polar surface area (TPSA) is 55.4 Å². The maximum atomic E-state index is 12.0. The van der Waals surface area contributed by atoms with E-state index in [1.807, 2.05) is 27.7 Å². The van der Waals surface area contributed by atoms with Crippen LogP contribution in [0.5, 0.6) is 0 Å². The monoisotopic (exact) mass is 299 g/mol. The predicted octanol–water partition coefficient (Wildman–Crippen LogP) is 3.48. The van der Waals surface area contributed by atoms with Crippen molar-refractivity contribution in [1.82, 2.24) is 5.32 Å². The molecule has 124 valence electrons. The second-order valence-corrected chi connectivity index (χ2v) is 7.48. The van der Waals surface area contributed by atoms with Crippen LogP contribution in [0, 0.1) is 5.41 Å². The van der Waals surface area contributed by atoms with Crippen molar-refractivity contribution in [2.24, 2.45) is 5.41 Å². The van der Waals surface area contributed by atoms with E-state index in [4.69, 9.17) is 4.74 Å². The molecule has 0 bridgehead atoms. The maximum Gasteiger partial charge on any atom is 0.305 e. The van der Waals surface area contributed by atoms with Crippen molar-refractivity contribution in [2.75, 3.05) is 6.61 Å². The van der Waals surface area contributed by atoms with Gasteiger partial charge in [0.25, 0.3) is 0 Å². The van der Waals surface area contributed by atoms with Crippen LogP contribution in [0.1, 0.15) is 74.1 Å². The van der Waals surface area contributed by atoms with E-state index < -0.39 is 0 Å². The highest BCUT2D eigenvalue weighted by Gasteiger charge is 2.24. The highest BCUT2D eigenvalue weighted by molar-refractivity contribution is 5.84. The third-order valence-corrected chi connectivity index (χ3v) is 3.56. The van der Waals surface area contributed by atoms with Crippen molar-refractivity contribution in [3.05, 3.63) is 0 Å². The van der Waals surface area contributed by atoms with Gasteiger partial charge in [-0.3, -0.25) is 9.59 Å². The summed E-state index contributed by atoms with van der Waals surface area (Å²) in [5.74, 6) is -0.0762. The Labute approximate surface area is 130 Å². The van der Waals surface area contributed by atoms with Crippen LogP contribution in [-0.4, -0.2) is 29.9 Å². The summed E-state index contributed by atoms with van der Waals surface area (Å²) in [6.07, 6.45) is 2.21. The molecule has 0 rings (SSSR count). The lowest BCUT2D eigenvalue weighted by molar-refractivity contribution is -0.147. The second-order valence-electron chi connectivity index (χ2n) is 7.48. The number of carbonyl (C=O) groups excluding carboxylic acids is 2. The SMILES string of the molecule is CCC(=O)C(CCC(=O)OCC(C)(C)CC)NC(C)(C)C. The van der Waals surface area contributed by atoms with Gasteiger partial charge in [0.15, 0.2) is 0 Å². The molecule has 0 saturated carbocycles. The Balaban J connectivity index is 4.35. The number of ketones is 1. The van der Waals surface area contributed by atoms with E-state index in [-0.39, 0.29) is 35.2 Å². The minimum absolute atomic E-state index is 0.0119. The number of Topliss-reactive ketones (excluding diaryl/α,β-unsaturated/α-hetero) is 1. The summed E-state index contributed by atoms with van der Waals surface area (Å²) in [6.45, 7) is 14.6. The van der Waals surface area contributed by atoms with Crippen molar-refractivity contribution < 1.29 is 14.3 Å². The maximum absolute atomic E-state index is 12.0. The van der Waals surface area contributed by atoms with Gasteiger partial charge in [-0.05, 0) is 39.0 Å². The molecule has 0 saturated heterocycles. The standard InChI is InChI=1S/C17H33NO3/c1-8-14(19)13(18-16(3,4)5)10-11-15(20)21-12-17(6,7)9-2/h13,18H,8-12H2,1-7H3. The highest BCUT2D eigenvalue weighted by Crippen LogP contribution is 2.20. The third-order valence-electron chi connectivity index (χ3n) is 3.56. The first-order valence-corrected chi connectivity index (χ1v) is 7.97. The van der Waals surface area contributed by atoms with Crippen molar-refractivity contribution in [3.8, 4) is 0 Å². The van der Waals surface area contributed by atoms with Gasteiger partial charge in [0, 0.05) is 18.4 Å². The van der Waals surface area contributed by atoms with Gasteiger partial charge < -0.3 is 10.1 Å². The Bertz CT molecular complexity index is 342. The number of rotatable bonds is 9. The summed E-state index contributed by atoms with van der Waals surface area (Å²) in [7, 11) is 0. The molecule has 0 spiro atoms. The van der Waals surface area contributed by atoms with Gasteiger partial charge in [-0.15, -0.1) is 0 Å². The van der Waals surface area contributed by atoms with E-state index in [0.29, 0.717) is 19.4 Å². The molecular formula is C17H33NO3. The first-order valence-electron chi connectivity index (χ1n) is 7.97. The van der Waals surface area contributed by atoms with Crippen LogP contribution < -0.4 is 5.32 Å². The lowest BCUT2D eigenvalue weighted by Crippen LogP contribution is -2.47. The minimum Gasteiger partial charge on any atom is -0.465 e. The normalized spacial score (nSPS) is 13.9. The molecule has 21 heavy (non-hydrogen) atoms. The van der Waals surface area contributed by atoms with Gasteiger partial charge in [-0.1, -0.05) is 27.7 Å². The molecule has 4 nitrogen and oxygen atoms in total. The Morgan fingerprint density at radius 1 is 1.10 bits per heavy atom. The molecule has 1 unspecified atom stereocenters. The summed E-state index contributed by atoms with van der Waals surface area (Å²) in [5.41, 5.74) is -0.137. The van der Waals surface area contributed by atoms with Crippen molar-refractivity contribution in [1.29, 1.82) is 0 Å². The van der Waals surface area contributed by atoms with E-state index in [1.165, 1.54) is 0 Å². The minimum atomic E-state index is -0.276. The number of carbonyl (C=O) groups is 2. The number of hydrogen-bond donors (Lipinski definition) is 1. The summed E-state index contributed by atoms with van der Waals surface area (Å²) in [4.78, 5) is 23.8. The Hall–Kier alpha value is -0.900. The number of hydrogen-bond acceptors (Lipinski definition) is 4. The van der Waals surface area contributed by atoms with Gasteiger partial charge in [-0.25, -0.2) is 0 Å². The highest BCUT2D eigenvalue weighted by atomic mass is 16.5. The average molecular weight is 299 g/mol. The van der Waals surface area contributed by atoms with Crippen LogP contribution >= 0.6 is 0 Å². The lowest BCUT2D eigenvalue weighted by atomic mass is 9.92. The zero-order chi connectivity index (χ0) is 16.7. The van der Waals surface area contributed by atoms with Gasteiger partial charge in [0.1, 0.15) is 5.78 Å². The van der Waals surface area contributed by atoms with Gasteiger partial charge in [0.2, 0.25) is 0 Å². The molecule has 0 aromatic heterocycles. The van der Waals surface area contributed by atoms with E-state index in [2.05, 4.69) is 26.1 Å². The van der Waals surface area contributed by atoms with E-state index in [0.717, 1.165) is 6.42 Å². The second kappa shape index (κ2) is 8.52. The fraction of sp³-hybridized carbons (Fsp3) is 0.882. The summed E-state index contributed by atoms with van der Waals surface area (Å²) in [6, 6.07) is -0.276. The molecule has 0 aromatic rings. The van der Waals surface area contributed by atoms with Crippen molar-refractivity contribution in [3.63, 3.8) is 0 Å². The Kier molecular flexibility index (Phi) is 8.16. The largest absolute Gasteiger partial charge is 0.465 e. The summed E-state index contributed by atoms with van der Waals surface area (Å²) < 4.78 is 5.31. The van der Waals surface area contributed by atoms with Crippen molar-refractivity contribution >= 4 is 11.8 Å². The first kappa shape index (κ1) is 20.1. The number of ether oxygens (including phenoxy) is 1. The van der Waals surface area contributed by atoms with E-state index in [9.17, 15) is 9.59 Å². The van der Waals surface area contributed by atoms with Gasteiger partial charge >= 0.3 is 5.97 Å². The van der Waals surface area contributed by atoms with Crippen LogP contribution in [0.25, 0.3) is 0 Å². The van der Waals surface area contributed by atoms with Gasteiger partial charge in [0.05, 0.1) is 12.6 Å². The molecule has 0 aliphatic rings. The fourth-order valence-corrected chi connectivity index (χ4v) is 1.80. The third kappa shape index (κ3) is 9.62. The van der Waals surface area contributed by atoms with Crippen LogP contribution in [0.15, 0.2) is 0 Å². The number of esters is 1. The Morgan fingerprint density at radius 2 is 1.67 bits per heavy atom. The molecule has 4 heteroatoms. The molecule has 0 amide bonds. The van der Waals surface area contributed by atoms with Gasteiger partial charge in [-0.2, -0.15) is 0 Å². The smallest absolute Gasteiger partial charge is 0.305 e. The molecule has 0 aromatic carbocycles. The van der Waals surface area contributed by atoms with Crippen LogP contribution in [0.2, 0.25) is 0 Å². The van der Waals surface area contributed by atoms with Crippen molar-refractivity contribution in [2.45, 2.75) is 85.7 Å². The lowest BCUT2D eigenvalue weighted by Gasteiger charge is -2.27. The predicted molar refractivity (Wildman–Crippen MR) is 86.2 cm³/mol. The van der Waals surface area contributed by atoms with Crippen LogP contribution in [0.4, 0.5) is 0 Å². The molecule has 0 aliphatic carbocycles. The molecule has 0 fully saturated rings.